The second kappa shape index (κ2) is 8.86. The van der Waals surface area contributed by atoms with Gasteiger partial charge in [0.25, 0.3) is 0 Å². The summed E-state index contributed by atoms with van der Waals surface area (Å²) >= 11 is 6.25. The first-order valence-corrected chi connectivity index (χ1v) is 9.02. The van der Waals surface area contributed by atoms with E-state index in [1.54, 1.807) is 24.9 Å². The van der Waals surface area contributed by atoms with Gasteiger partial charge in [-0.3, -0.25) is 9.59 Å². The van der Waals surface area contributed by atoms with Crippen molar-refractivity contribution in [3.05, 3.63) is 69.7 Å². The Kier molecular flexibility index (Phi) is 6.81. The quantitative estimate of drug-likeness (QED) is 0.841. The largest absolute Gasteiger partial charge is 0.357 e. The molecule has 0 fully saturated rings. The molecular formula is C21H25ClN2O2. The van der Waals surface area contributed by atoms with Crippen LogP contribution in [0.25, 0.3) is 0 Å². The van der Waals surface area contributed by atoms with Gasteiger partial charge in [0.2, 0.25) is 11.8 Å². The van der Waals surface area contributed by atoms with Crippen LogP contribution in [0.1, 0.15) is 29.2 Å². The van der Waals surface area contributed by atoms with E-state index in [1.165, 1.54) is 5.56 Å². The Morgan fingerprint density at radius 1 is 1.12 bits per heavy atom. The van der Waals surface area contributed by atoms with Gasteiger partial charge in [-0.25, -0.2) is 0 Å². The zero-order valence-corrected chi connectivity index (χ0v) is 16.4. The van der Waals surface area contributed by atoms with Crippen molar-refractivity contribution in [1.82, 2.24) is 10.2 Å². The Bertz CT molecular complexity index is 804. The Balaban J connectivity index is 2.26. The molecule has 0 radical (unpaired) electrons. The topological polar surface area (TPSA) is 49.4 Å². The number of benzene rings is 2. The summed E-state index contributed by atoms with van der Waals surface area (Å²) in [7, 11) is 1.57. The van der Waals surface area contributed by atoms with Gasteiger partial charge in [0.15, 0.2) is 0 Å². The van der Waals surface area contributed by atoms with E-state index in [0.717, 1.165) is 16.7 Å². The number of hydrogen-bond acceptors (Lipinski definition) is 2. The van der Waals surface area contributed by atoms with Crippen molar-refractivity contribution in [1.29, 1.82) is 0 Å². The summed E-state index contributed by atoms with van der Waals surface area (Å²) in [5.41, 5.74) is 4.09. The maximum absolute atomic E-state index is 13.0. The van der Waals surface area contributed by atoms with Crippen LogP contribution in [-0.4, -0.2) is 29.8 Å². The highest BCUT2D eigenvalue weighted by atomic mass is 35.5. The van der Waals surface area contributed by atoms with Crippen molar-refractivity contribution < 1.29 is 9.59 Å². The van der Waals surface area contributed by atoms with Gasteiger partial charge in [0.05, 0.1) is 6.42 Å². The molecule has 0 spiro atoms. The lowest BCUT2D eigenvalue weighted by molar-refractivity contribution is -0.139. The molecule has 0 aromatic heterocycles. The first-order valence-electron chi connectivity index (χ1n) is 8.64. The first-order chi connectivity index (χ1) is 12.3. The van der Waals surface area contributed by atoms with E-state index in [0.29, 0.717) is 5.02 Å². The van der Waals surface area contributed by atoms with Crippen molar-refractivity contribution >= 4 is 23.4 Å². The molecule has 0 bridgehead atoms. The molecule has 26 heavy (non-hydrogen) atoms. The fraction of sp³-hybridized carbons (Fsp3) is 0.333. The zero-order chi connectivity index (χ0) is 19.3. The van der Waals surface area contributed by atoms with Crippen molar-refractivity contribution in [2.45, 2.75) is 39.8 Å². The van der Waals surface area contributed by atoms with E-state index in [2.05, 4.69) is 5.32 Å². The van der Waals surface area contributed by atoms with Crippen LogP contribution >= 0.6 is 11.6 Å². The average molecular weight is 373 g/mol. The SMILES string of the molecule is CNC(=O)C(C)N(Cc1ccccc1Cl)C(=O)Cc1ccc(C)c(C)c1. The van der Waals surface area contributed by atoms with E-state index in [-0.39, 0.29) is 24.8 Å². The van der Waals surface area contributed by atoms with Crippen LogP contribution in [-0.2, 0) is 22.6 Å². The predicted molar refractivity (Wildman–Crippen MR) is 105 cm³/mol. The third-order valence-electron chi connectivity index (χ3n) is 4.64. The number of aryl methyl sites for hydroxylation is 2. The molecule has 138 valence electrons. The van der Waals surface area contributed by atoms with Crippen LogP contribution in [0.3, 0.4) is 0 Å². The molecule has 1 atom stereocenters. The molecule has 2 aromatic carbocycles. The molecule has 0 aliphatic heterocycles. The number of hydrogen-bond donors (Lipinski definition) is 1. The third kappa shape index (κ3) is 4.85. The Labute approximate surface area is 160 Å². The summed E-state index contributed by atoms with van der Waals surface area (Å²) in [5, 5.41) is 3.20. The molecule has 1 N–H and O–H groups in total. The minimum atomic E-state index is -0.588. The van der Waals surface area contributed by atoms with E-state index < -0.39 is 6.04 Å². The molecular weight excluding hydrogens is 348 g/mol. The van der Waals surface area contributed by atoms with E-state index in [4.69, 9.17) is 11.6 Å². The summed E-state index contributed by atoms with van der Waals surface area (Å²) in [4.78, 5) is 26.7. The molecule has 0 heterocycles. The summed E-state index contributed by atoms with van der Waals surface area (Å²) < 4.78 is 0. The molecule has 2 rings (SSSR count). The zero-order valence-electron chi connectivity index (χ0n) is 15.7. The number of nitrogens with one attached hydrogen (secondary N) is 1. The molecule has 2 aromatic rings. The molecule has 5 heteroatoms. The fourth-order valence-corrected chi connectivity index (χ4v) is 2.99. The first kappa shape index (κ1) is 20.0. The molecule has 0 saturated carbocycles. The van der Waals surface area contributed by atoms with Gasteiger partial charge in [-0.05, 0) is 49.1 Å². The Hall–Kier alpha value is -2.33. The van der Waals surface area contributed by atoms with Crippen LogP contribution in [0, 0.1) is 13.8 Å². The lowest BCUT2D eigenvalue weighted by Gasteiger charge is -2.29. The highest BCUT2D eigenvalue weighted by Gasteiger charge is 2.26. The molecule has 0 aliphatic rings. The molecule has 0 saturated heterocycles. The number of halogens is 1. The highest BCUT2D eigenvalue weighted by molar-refractivity contribution is 6.31. The van der Waals surface area contributed by atoms with Crippen LogP contribution in [0.5, 0.6) is 0 Å². The number of amides is 2. The van der Waals surface area contributed by atoms with Crippen LogP contribution in [0.15, 0.2) is 42.5 Å². The van der Waals surface area contributed by atoms with E-state index in [1.807, 2.05) is 50.2 Å². The predicted octanol–water partition coefficient (Wildman–Crippen LogP) is 3.66. The van der Waals surface area contributed by atoms with Crippen LogP contribution in [0.2, 0.25) is 5.02 Å². The number of carbonyl (C=O) groups excluding carboxylic acids is 2. The van der Waals surface area contributed by atoms with E-state index in [9.17, 15) is 9.59 Å². The normalized spacial score (nSPS) is 11.7. The van der Waals surface area contributed by atoms with Gasteiger partial charge >= 0.3 is 0 Å². The van der Waals surface area contributed by atoms with Crippen molar-refractivity contribution in [3.63, 3.8) is 0 Å². The fourth-order valence-electron chi connectivity index (χ4n) is 2.79. The Morgan fingerprint density at radius 2 is 1.81 bits per heavy atom. The third-order valence-corrected chi connectivity index (χ3v) is 5.01. The minimum Gasteiger partial charge on any atom is -0.357 e. The van der Waals surface area contributed by atoms with Gasteiger partial charge in [0.1, 0.15) is 6.04 Å². The number of carbonyl (C=O) groups is 2. The highest BCUT2D eigenvalue weighted by Crippen LogP contribution is 2.20. The van der Waals surface area contributed by atoms with Crippen molar-refractivity contribution in [2.24, 2.45) is 0 Å². The van der Waals surface area contributed by atoms with Crippen LogP contribution < -0.4 is 5.32 Å². The Morgan fingerprint density at radius 3 is 2.42 bits per heavy atom. The molecule has 4 nitrogen and oxygen atoms in total. The minimum absolute atomic E-state index is 0.107. The van der Waals surface area contributed by atoms with Gasteiger partial charge in [-0.2, -0.15) is 0 Å². The summed E-state index contributed by atoms with van der Waals surface area (Å²) in [5.74, 6) is -0.310. The van der Waals surface area contributed by atoms with Gasteiger partial charge < -0.3 is 10.2 Å². The van der Waals surface area contributed by atoms with Crippen molar-refractivity contribution in [2.75, 3.05) is 7.05 Å². The molecule has 1 unspecified atom stereocenters. The van der Waals surface area contributed by atoms with Crippen LogP contribution in [0.4, 0.5) is 0 Å². The standard InChI is InChI=1S/C21H25ClN2O2/c1-14-9-10-17(11-15(14)2)12-20(25)24(16(3)21(26)23-4)13-18-7-5-6-8-19(18)22/h5-11,16H,12-13H2,1-4H3,(H,23,26). The van der Waals surface area contributed by atoms with Crippen molar-refractivity contribution in [3.8, 4) is 0 Å². The van der Waals surface area contributed by atoms with Gasteiger partial charge in [0, 0.05) is 18.6 Å². The number of nitrogens with zero attached hydrogens (tertiary/aromatic N) is 1. The second-order valence-corrected chi connectivity index (χ2v) is 6.91. The molecule has 2 amide bonds. The second-order valence-electron chi connectivity index (χ2n) is 6.50. The summed E-state index contributed by atoms with van der Waals surface area (Å²) in [6.45, 7) is 6.09. The lowest BCUT2D eigenvalue weighted by Crippen LogP contribution is -2.47. The van der Waals surface area contributed by atoms with E-state index >= 15 is 0 Å². The number of rotatable bonds is 6. The van der Waals surface area contributed by atoms with Gasteiger partial charge in [-0.15, -0.1) is 0 Å². The monoisotopic (exact) mass is 372 g/mol. The number of likely N-dealkylation sites (N-methyl/N-ethyl adjacent to an activating group) is 1. The maximum atomic E-state index is 13.0. The molecule has 0 aliphatic carbocycles. The maximum Gasteiger partial charge on any atom is 0.242 e. The van der Waals surface area contributed by atoms with Gasteiger partial charge in [-0.1, -0.05) is 48.0 Å². The summed E-state index contributed by atoms with van der Waals surface area (Å²) in [6, 6.07) is 12.8. The average Bonchev–Trinajstić information content (AvgIpc) is 2.62. The smallest absolute Gasteiger partial charge is 0.242 e. The summed E-state index contributed by atoms with van der Waals surface area (Å²) in [6.07, 6.45) is 0.243. The lowest BCUT2D eigenvalue weighted by atomic mass is 10.0.